The molecular weight excluding hydrogens is 327 g/mol. The first-order chi connectivity index (χ1) is 11.4. The molecule has 0 bridgehead atoms. The van der Waals surface area contributed by atoms with E-state index < -0.39 is 10.0 Å². The fraction of sp³-hybridized carbons (Fsp3) is 0.333. The van der Waals surface area contributed by atoms with Crippen molar-refractivity contribution in [2.24, 2.45) is 0 Å². The minimum Gasteiger partial charge on any atom is -0.296 e. The molecule has 0 amide bonds. The highest BCUT2D eigenvalue weighted by molar-refractivity contribution is 7.89. The van der Waals surface area contributed by atoms with Gasteiger partial charge in [-0.15, -0.1) is 0 Å². The van der Waals surface area contributed by atoms with Crippen LogP contribution in [-0.4, -0.2) is 43.8 Å². The van der Waals surface area contributed by atoms with Gasteiger partial charge in [0.25, 0.3) is 0 Å². The predicted octanol–water partition coefficient (Wildman–Crippen LogP) is 2.64. The maximum Gasteiger partial charge on any atom is 0.243 e. The van der Waals surface area contributed by atoms with E-state index in [1.807, 2.05) is 19.1 Å². The Morgan fingerprint density at radius 3 is 2.08 bits per heavy atom. The van der Waals surface area contributed by atoms with Crippen molar-refractivity contribution < 1.29 is 12.8 Å². The zero-order valence-corrected chi connectivity index (χ0v) is 14.5. The second-order valence-electron chi connectivity index (χ2n) is 6.12. The molecule has 1 aliphatic heterocycles. The second-order valence-corrected chi connectivity index (χ2v) is 8.06. The summed E-state index contributed by atoms with van der Waals surface area (Å²) in [4.78, 5) is 2.54. The first-order valence-electron chi connectivity index (χ1n) is 7.99. The quantitative estimate of drug-likeness (QED) is 0.853. The van der Waals surface area contributed by atoms with Crippen LogP contribution < -0.4 is 0 Å². The second kappa shape index (κ2) is 7.01. The number of sulfonamides is 1. The Hall–Kier alpha value is -1.76. The van der Waals surface area contributed by atoms with Crippen LogP contribution in [0.25, 0.3) is 0 Å². The van der Waals surface area contributed by atoms with Gasteiger partial charge in [-0.1, -0.05) is 29.8 Å². The zero-order chi connectivity index (χ0) is 17.2. The SMILES string of the molecule is Cc1ccc(S(=O)(=O)N2CCN(Cc3ccc(F)cc3)CC2)cc1. The van der Waals surface area contributed by atoms with Crippen LogP contribution in [0.4, 0.5) is 4.39 Å². The van der Waals surface area contributed by atoms with Gasteiger partial charge in [0.2, 0.25) is 10.0 Å². The summed E-state index contributed by atoms with van der Waals surface area (Å²) in [7, 11) is -3.42. The van der Waals surface area contributed by atoms with E-state index in [1.54, 1.807) is 28.6 Å². The number of benzene rings is 2. The van der Waals surface area contributed by atoms with E-state index in [-0.39, 0.29) is 5.82 Å². The van der Waals surface area contributed by atoms with Gasteiger partial charge in [0.15, 0.2) is 0 Å². The molecule has 0 aromatic heterocycles. The van der Waals surface area contributed by atoms with Crippen LogP contribution >= 0.6 is 0 Å². The van der Waals surface area contributed by atoms with E-state index in [0.717, 1.165) is 11.1 Å². The van der Waals surface area contributed by atoms with E-state index in [1.165, 1.54) is 12.1 Å². The highest BCUT2D eigenvalue weighted by Crippen LogP contribution is 2.19. The fourth-order valence-electron chi connectivity index (χ4n) is 2.84. The zero-order valence-electron chi connectivity index (χ0n) is 13.7. The molecule has 0 atom stereocenters. The number of hydrogen-bond donors (Lipinski definition) is 0. The Morgan fingerprint density at radius 2 is 1.50 bits per heavy atom. The summed E-state index contributed by atoms with van der Waals surface area (Å²) >= 11 is 0. The molecule has 24 heavy (non-hydrogen) atoms. The van der Waals surface area contributed by atoms with E-state index in [2.05, 4.69) is 4.90 Å². The molecule has 0 radical (unpaired) electrons. The standard InChI is InChI=1S/C18H21FN2O2S/c1-15-2-8-18(9-3-15)24(22,23)21-12-10-20(11-13-21)14-16-4-6-17(19)7-5-16/h2-9H,10-14H2,1H3. The largest absolute Gasteiger partial charge is 0.296 e. The lowest BCUT2D eigenvalue weighted by atomic mass is 10.2. The van der Waals surface area contributed by atoms with Crippen molar-refractivity contribution >= 4 is 10.0 Å². The van der Waals surface area contributed by atoms with Crippen molar-refractivity contribution in [2.75, 3.05) is 26.2 Å². The average Bonchev–Trinajstić information content (AvgIpc) is 2.58. The van der Waals surface area contributed by atoms with E-state index in [9.17, 15) is 12.8 Å². The van der Waals surface area contributed by atoms with E-state index in [4.69, 9.17) is 0 Å². The predicted molar refractivity (Wildman–Crippen MR) is 91.6 cm³/mol. The molecule has 1 heterocycles. The van der Waals surface area contributed by atoms with Crippen molar-refractivity contribution in [3.05, 3.63) is 65.5 Å². The Morgan fingerprint density at radius 1 is 0.917 bits per heavy atom. The summed E-state index contributed by atoms with van der Waals surface area (Å²) in [6.07, 6.45) is 0. The maximum atomic E-state index is 12.9. The van der Waals surface area contributed by atoms with Gasteiger partial charge >= 0.3 is 0 Å². The lowest BCUT2D eigenvalue weighted by Gasteiger charge is -2.34. The van der Waals surface area contributed by atoms with Gasteiger partial charge in [-0.2, -0.15) is 4.31 Å². The van der Waals surface area contributed by atoms with Crippen LogP contribution in [0.15, 0.2) is 53.4 Å². The van der Waals surface area contributed by atoms with Gasteiger partial charge in [-0.3, -0.25) is 4.90 Å². The summed E-state index contributed by atoms with van der Waals surface area (Å²) in [5.41, 5.74) is 2.07. The minimum atomic E-state index is -3.42. The smallest absolute Gasteiger partial charge is 0.243 e. The van der Waals surface area contributed by atoms with Gasteiger partial charge < -0.3 is 0 Å². The van der Waals surface area contributed by atoms with Crippen LogP contribution in [0.1, 0.15) is 11.1 Å². The molecular formula is C18H21FN2O2S. The van der Waals surface area contributed by atoms with Gasteiger partial charge in [0.05, 0.1) is 4.90 Å². The molecule has 0 saturated carbocycles. The maximum absolute atomic E-state index is 12.9. The lowest BCUT2D eigenvalue weighted by molar-refractivity contribution is 0.181. The first kappa shape index (κ1) is 17.1. The summed E-state index contributed by atoms with van der Waals surface area (Å²) in [6.45, 7) is 4.92. The monoisotopic (exact) mass is 348 g/mol. The molecule has 128 valence electrons. The summed E-state index contributed by atoms with van der Waals surface area (Å²) < 4.78 is 39.8. The third-order valence-corrected chi connectivity index (χ3v) is 6.22. The van der Waals surface area contributed by atoms with Crippen molar-refractivity contribution in [3.8, 4) is 0 Å². The Labute approximate surface area is 142 Å². The first-order valence-corrected chi connectivity index (χ1v) is 9.43. The fourth-order valence-corrected chi connectivity index (χ4v) is 4.26. The summed E-state index contributed by atoms with van der Waals surface area (Å²) in [5.74, 6) is -0.243. The van der Waals surface area contributed by atoms with E-state index >= 15 is 0 Å². The molecule has 0 spiro atoms. The number of piperazine rings is 1. The molecule has 6 heteroatoms. The molecule has 0 aliphatic carbocycles. The topological polar surface area (TPSA) is 40.6 Å². The van der Waals surface area contributed by atoms with Gasteiger partial charge in [-0.25, -0.2) is 12.8 Å². The molecule has 1 aliphatic rings. The number of hydrogen-bond acceptors (Lipinski definition) is 3. The van der Waals surface area contributed by atoms with Crippen molar-refractivity contribution in [3.63, 3.8) is 0 Å². The van der Waals surface area contributed by atoms with E-state index in [0.29, 0.717) is 37.6 Å². The molecule has 1 fully saturated rings. The number of halogens is 1. The lowest BCUT2D eigenvalue weighted by Crippen LogP contribution is -2.48. The molecule has 3 rings (SSSR count). The molecule has 1 saturated heterocycles. The number of nitrogens with zero attached hydrogens (tertiary/aromatic N) is 2. The average molecular weight is 348 g/mol. The molecule has 0 N–H and O–H groups in total. The van der Waals surface area contributed by atoms with Crippen LogP contribution in [-0.2, 0) is 16.6 Å². The van der Waals surface area contributed by atoms with Crippen LogP contribution in [0.5, 0.6) is 0 Å². The molecule has 2 aromatic rings. The Kier molecular flexibility index (Phi) is 4.99. The molecule has 2 aromatic carbocycles. The van der Waals surface area contributed by atoms with Gasteiger partial charge in [0.1, 0.15) is 5.82 Å². The highest BCUT2D eigenvalue weighted by atomic mass is 32.2. The molecule has 4 nitrogen and oxygen atoms in total. The Bertz CT molecular complexity index is 781. The van der Waals surface area contributed by atoms with Crippen LogP contribution in [0.2, 0.25) is 0 Å². The highest BCUT2D eigenvalue weighted by Gasteiger charge is 2.28. The third-order valence-electron chi connectivity index (χ3n) is 4.31. The molecule has 0 unspecified atom stereocenters. The third kappa shape index (κ3) is 3.83. The normalized spacial score (nSPS) is 17.1. The number of rotatable bonds is 4. The van der Waals surface area contributed by atoms with Crippen LogP contribution in [0, 0.1) is 12.7 Å². The van der Waals surface area contributed by atoms with Gasteiger partial charge in [-0.05, 0) is 36.8 Å². The van der Waals surface area contributed by atoms with Crippen molar-refractivity contribution in [1.82, 2.24) is 9.21 Å². The van der Waals surface area contributed by atoms with Crippen molar-refractivity contribution in [2.45, 2.75) is 18.4 Å². The summed E-state index contributed by atoms with van der Waals surface area (Å²) in [6, 6.07) is 13.4. The minimum absolute atomic E-state index is 0.243. The Balaban J connectivity index is 1.62. The van der Waals surface area contributed by atoms with Gasteiger partial charge in [0, 0.05) is 32.7 Å². The summed E-state index contributed by atoms with van der Waals surface area (Å²) in [5, 5.41) is 0. The number of aryl methyl sites for hydroxylation is 1. The van der Waals surface area contributed by atoms with Crippen molar-refractivity contribution in [1.29, 1.82) is 0 Å². The van der Waals surface area contributed by atoms with Crippen LogP contribution in [0.3, 0.4) is 0 Å².